The number of hydrogen-bond acceptors (Lipinski definition) is 4. The standard InChI is InChI=1S/C50H40N4/c1-6-16-36(17-7-1)44-34-45(37-18-8-2-9-19-37)52-48(51-44)40-24-28-42(29-25-40)50(32-14-5-15-33-50)43-30-26-41(27-31-43)49-53-46(38-20-10-3-11-21-38)35-47(54-49)39-22-12-4-13-23-39/h1-4,6-13,16-31,34-35H,5,14-15,32-33H2. The first-order chi connectivity index (χ1) is 26.7. The van der Waals surface area contributed by atoms with E-state index in [9.17, 15) is 0 Å². The van der Waals surface area contributed by atoms with Crippen LogP contribution in [-0.4, -0.2) is 19.9 Å². The van der Waals surface area contributed by atoms with Gasteiger partial charge in [0.2, 0.25) is 0 Å². The molecule has 0 N–H and O–H groups in total. The Hall–Kier alpha value is -6.52. The van der Waals surface area contributed by atoms with Gasteiger partial charge in [0.05, 0.1) is 22.8 Å². The van der Waals surface area contributed by atoms with Crippen molar-refractivity contribution in [1.29, 1.82) is 0 Å². The van der Waals surface area contributed by atoms with E-state index in [1.54, 1.807) is 0 Å². The first-order valence-corrected chi connectivity index (χ1v) is 18.9. The molecule has 8 aromatic rings. The van der Waals surface area contributed by atoms with E-state index in [-0.39, 0.29) is 5.41 Å². The van der Waals surface area contributed by atoms with Crippen molar-refractivity contribution >= 4 is 0 Å². The van der Waals surface area contributed by atoms with Crippen molar-refractivity contribution in [2.24, 2.45) is 0 Å². The Labute approximate surface area is 317 Å². The monoisotopic (exact) mass is 696 g/mol. The second-order valence-electron chi connectivity index (χ2n) is 14.2. The molecule has 9 rings (SSSR count). The van der Waals surface area contributed by atoms with Crippen LogP contribution in [0.5, 0.6) is 0 Å². The SMILES string of the molecule is c1ccc(-c2cc(-c3ccccc3)nc(-c3ccc(C4(c5ccc(-c6nc(-c7ccccc7)cc(-c7ccccc7)n6)cc5)CCCCC4)cc3)n2)cc1. The Balaban J connectivity index is 1.07. The molecule has 1 fully saturated rings. The lowest BCUT2D eigenvalue weighted by molar-refractivity contribution is 0.346. The van der Waals surface area contributed by atoms with Crippen LogP contribution < -0.4 is 0 Å². The van der Waals surface area contributed by atoms with Gasteiger partial charge >= 0.3 is 0 Å². The van der Waals surface area contributed by atoms with Crippen LogP contribution in [0.25, 0.3) is 67.8 Å². The van der Waals surface area contributed by atoms with Crippen LogP contribution in [0, 0.1) is 0 Å². The van der Waals surface area contributed by atoms with Gasteiger partial charge in [0, 0.05) is 38.8 Å². The lowest BCUT2D eigenvalue weighted by atomic mass is 9.65. The van der Waals surface area contributed by atoms with Crippen LogP contribution in [-0.2, 0) is 5.41 Å². The normalized spacial score (nSPS) is 13.7. The zero-order valence-corrected chi connectivity index (χ0v) is 30.1. The topological polar surface area (TPSA) is 51.6 Å². The van der Waals surface area contributed by atoms with Gasteiger partial charge in [-0.05, 0) is 36.1 Å². The van der Waals surface area contributed by atoms with Crippen LogP contribution in [0.2, 0.25) is 0 Å². The first kappa shape index (κ1) is 33.3. The highest BCUT2D eigenvalue weighted by atomic mass is 14.9. The van der Waals surface area contributed by atoms with Crippen molar-refractivity contribution in [3.8, 4) is 67.8 Å². The highest BCUT2D eigenvalue weighted by molar-refractivity contribution is 5.73. The summed E-state index contributed by atoms with van der Waals surface area (Å²) >= 11 is 0. The van der Waals surface area contributed by atoms with Crippen molar-refractivity contribution in [3.05, 3.63) is 193 Å². The molecule has 6 aromatic carbocycles. The van der Waals surface area contributed by atoms with Crippen molar-refractivity contribution in [2.45, 2.75) is 37.5 Å². The Kier molecular flexibility index (Phi) is 9.16. The van der Waals surface area contributed by atoms with Crippen molar-refractivity contribution < 1.29 is 0 Å². The van der Waals surface area contributed by atoms with Crippen LogP contribution in [0.3, 0.4) is 0 Å². The molecule has 4 heteroatoms. The maximum atomic E-state index is 5.08. The van der Waals surface area contributed by atoms with Gasteiger partial charge in [-0.15, -0.1) is 0 Å². The third kappa shape index (κ3) is 6.75. The summed E-state index contributed by atoms with van der Waals surface area (Å²) in [6.45, 7) is 0. The molecular weight excluding hydrogens is 657 g/mol. The molecule has 2 aromatic heterocycles. The van der Waals surface area contributed by atoms with Gasteiger partial charge in [0.25, 0.3) is 0 Å². The van der Waals surface area contributed by atoms with Gasteiger partial charge in [-0.2, -0.15) is 0 Å². The fourth-order valence-corrected chi connectivity index (χ4v) is 7.96. The quantitative estimate of drug-likeness (QED) is 0.159. The average Bonchev–Trinajstić information content (AvgIpc) is 3.27. The predicted molar refractivity (Wildman–Crippen MR) is 221 cm³/mol. The number of rotatable bonds is 8. The third-order valence-corrected chi connectivity index (χ3v) is 10.8. The van der Waals surface area contributed by atoms with Gasteiger partial charge < -0.3 is 0 Å². The number of hydrogen-bond donors (Lipinski definition) is 0. The summed E-state index contributed by atoms with van der Waals surface area (Å²) in [5.41, 5.74) is 12.6. The molecule has 1 aliphatic rings. The zero-order chi connectivity index (χ0) is 36.2. The van der Waals surface area contributed by atoms with Crippen LogP contribution in [0.1, 0.15) is 43.2 Å². The minimum Gasteiger partial charge on any atom is -0.228 e. The van der Waals surface area contributed by atoms with E-state index in [0.717, 1.165) is 80.6 Å². The molecule has 1 saturated carbocycles. The highest BCUT2D eigenvalue weighted by Gasteiger charge is 2.35. The fraction of sp³-hybridized carbons (Fsp3) is 0.120. The van der Waals surface area contributed by atoms with E-state index < -0.39 is 0 Å². The second kappa shape index (κ2) is 14.8. The van der Waals surface area contributed by atoms with Crippen LogP contribution in [0.15, 0.2) is 182 Å². The van der Waals surface area contributed by atoms with Gasteiger partial charge in [0.1, 0.15) is 0 Å². The zero-order valence-electron chi connectivity index (χ0n) is 30.1. The summed E-state index contributed by atoms with van der Waals surface area (Å²) in [4.78, 5) is 20.3. The molecule has 0 atom stereocenters. The van der Waals surface area contributed by atoms with E-state index in [1.807, 2.05) is 24.3 Å². The summed E-state index contributed by atoms with van der Waals surface area (Å²) in [6.07, 6.45) is 5.90. The first-order valence-electron chi connectivity index (χ1n) is 18.9. The molecule has 0 aliphatic heterocycles. The van der Waals surface area contributed by atoms with Gasteiger partial charge in [-0.3, -0.25) is 0 Å². The molecule has 260 valence electrons. The average molecular weight is 697 g/mol. The minimum atomic E-state index is -0.0702. The van der Waals surface area contributed by atoms with Crippen molar-refractivity contribution in [2.75, 3.05) is 0 Å². The van der Waals surface area contributed by atoms with Gasteiger partial charge in [-0.1, -0.05) is 189 Å². The smallest absolute Gasteiger partial charge is 0.160 e. The Morgan fingerprint density at radius 2 is 0.593 bits per heavy atom. The van der Waals surface area contributed by atoms with E-state index >= 15 is 0 Å². The highest BCUT2D eigenvalue weighted by Crippen LogP contribution is 2.46. The maximum Gasteiger partial charge on any atom is 0.160 e. The lowest BCUT2D eigenvalue weighted by Gasteiger charge is -2.39. The molecule has 2 heterocycles. The molecule has 0 amide bonds. The number of benzene rings is 6. The molecule has 0 saturated heterocycles. The van der Waals surface area contributed by atoms with E-state index in [2.05, 4.69) is 158 Å². The van der Waals surface area contributed by atoms with Crippen LogP contribution in [0.4, 0.5) is 0 Å². The lowest BCUT2D eigenvalue weighted by Crippen LogP contribution is -2.30. The fourth-order valence-electron chi connectivity index (χ4n) is 7.96. The summed E-state index contributed by atoms with van der Waals surface area (Å²) in [5, 5.41) is 0. The van der Waals surface area contributed by atoms with Crippen molar-refractivity contribution in [3.63, 3.8) is 0 Å². The van der Waals surface area contributed by atoms with E-state index in [4.69, 9.17) is 19.9 Å². The number of nitrogens with zero attached hydrogens (tertiary/aromatic N) is 4. The maximum absolute atomic E-state index is 5.08. The Morgan fingerprint density at radius 3 is 0.889 bits per heavy atom. The van der Waals surface area contributed by atoms with Gasteiger partial charge in [0.15, 0.2) is 11.6 Å². The minimum absolute atomic E-state index is 0.0702. The summed E-state index contributed by atoms with van der Waals surface area (Å²) in [5.74, 6) is 1.47. The Morgan fingerprint density at radius 1 is 0.296 bits per heavy atom. The summed E-state index contributed by atoms with van der Waals surface area (Å²) in [6, 6.07) is 63.8. The van der Waals surface area contributed by atoms with Crippen LogP contribution >= 0.6 is 0 Å². The van der Waals surface area contributed by atoms with E-state index in [1.165, 1.54) is 30.4 Å². The molecule has 54 heavy (non-hydrogen) atoms. The largest absolute Gasteiger partial charge is 0.228 e. The molecule has 4 nitrogen and oxygen atoms in total. The summed E-state index contributed by atoms with van der Waals surface area (Å²) in [7, 11) is 0. The Bertz CT molecular complexity index is 2190. The molecular formula is C50H40N4. The second-order valence-corrected chi connectivity index (χ2v) is 14.2. The molecule has 1 aliphatic carbocycles. The molecule has 0 radical (unpaired) electrons. The molecule has 0 unspecified atom stereocenters. The summed E-state index contributed by atoms with van der Waals surface area (Å²) < 4.78 is 0. The van der Waals surface area contributed by atoms with Crippen molar-refractivity contribution in [1.82, 2.24) is 19.9 Å². The van der Waals surface area contributed by atoms with Gasteiger partial charge in [-0.25, -0.2) is 19.9 Å². The number of aromatic nitrogens is 4. The third-order valence-electron chi connectivity index (χ3n) is 10.8. The molecule has 0 bridgehead atoms. The molecule has 0 spiro atoms. The van der Waals surface area contributed by atoms with E-state index in [0.29, 0.717) is 0 Å². The predicted octanol–water partition coefficient (Wildman–Crippen LogP) is 12.5.